The molecule has 176 valence electrons. The molecule has 0 bridgehead atoms. The molecule has 3 heterocycles. The van der Waals surface area contributed by atoms with E-state index in [1.165, 1.54) is 0 Å². The van der Waals surface area contributed by atoms with Crippen LogP contribution in [-0.2, 0) is 14.3 Å². The number of carbonyl (C=O) groups is 1. The van der Waals surface area contributed by atoms with Crippen LogP contribution in [0.15, 0.2) is 30.3 Å². The predicted molar refractivity (Wildman–Crippen MR) is 129 cm³/mol. The molecule has 0 spiro atoms. The summed E-state index contributed by atoms with van der Waals surface area (Å²) >= 11 is 6.08. The molecule has 9 heteroatoms. The lowest BCUT2D eigenvalue weighted by Crippen LogP contribution is -2.43. The average Bonchev–Trinajstić information content (AvgIpc) is 3.15. The van der Waals surface area contributed by atoms with Crippen molar-refractivity contribution in [3.8, 4) is 11.1 Å². The summed E-state index contributed by atoms with van der Waals surface area (Å²) in [5, 5.41) is 8.46. The number of nitrogens with one attached hydrogen (secondary N) is 1. The molecule has 0 aliphatic carbocycles. The second-order valence-corrected chi connectivity index (χ2v) is 8.80. The van der Waals surface area contributed by atoms with Gasteiger partial charge in [0.2, 0.25) is 5.91 Å². The number of benzene rings is 1. The van der Waals surface area contributed by atoms with Crippen molar-refractivity contribution in [3.05, 3.63) is 46.7 Å². The number of amides is 1. The summed E-state index contributed by atoms with van der Waals surface area (Å²) in [5.41, 5.74) is 4.72. The first-order chi connectivity index (χ1) is 15.9. The first-order valence-electron chi connectivity index (χ1n) is 11.1. The summed E-state index contributed by atoms with van der Waals surface area (Å²) in [5.74, 6) is 1.02. The van der Waals surface area contributed by atoms with Gasteiger partial charge in [-0.1, -0.05) is 23.7 Å². The van der Waals surface area contributed by atoms with Crippen LogP contribution in [0.1, 0.15) is 24.2 Å². The molecule has 0 atom stereocenters. The number of aromatic nitrogens is 3. The standard InChI is InChI=1S/C24H30ClN5O3/c1-15-13-20(29-11-9-18(10-12-29)24(31)26-14-21(32-3)33-4)30-23(27-15)22(16(2)28-30)17-5-7-19(25)8-6-17/h5-8,13,18,21H,9-12,14H2,1-4H3,(H,26,31). The van der Waals surface area contributed by atoms with Crippen molar-refractivity contribution in [1.82, 2.24) is 19.9 Å². The van der Waals surface area contributed by atoms with Gasteiger partial charge >= 0.3 is 0 Å². The van der Waals surface area contributed by atoms with Crippen LogP contribution in [0, 0.1) is 19.8 Å². The molecule has 1 N–H and O–H groups in total. The normalized spacial score (nSPS) is 14.9. The molecule has 3 aromatic rings. The predicted octanol–water partition coefficient (Wildman–Crippen LogP) is 3.62. The zero-order valence-electron chi connectivity index (χ0n) is 19.5. The fourth-order valence-corrected chi connectivity index (χ4v) is 4.49. The Hall–Kier alpha value is -2.68. The van der Waals surface area contributed by atoms with Gasteiger partial charge in [0.1, 0.15) is 5.82 Å². The van der Waals surface area contributed by atoms with E-state index in [2.05, 4.69) is 16.3 Å². The second kappa shape index (κ2) is 10.1. The molecular formula is C24H30ClN5O3. The van der Waals surface area contributed by atoms with E-state index >= 15 is 0 Å². The maximum absolute atomic E-state index is 12.6. The van der Waals surface area contributed by atoms with Gasteiger partial charge in [-0.2, -0.15) is 9.61 Å². The minimum absolute atomic E-state index is 0.0296. The molecule has 1 amide bonds. The number of halogens is 1. The zero-order chi connectivity index (χ0) is 23.5. The average molecular weight is 472 g/mol. The Labute approximate surface area is 198 Å². The molecule has 33 heavy (non-hydrogen) atoms. The number of anilines is 1. The molecule has 2 aromatic heterocycles. The number of hydrogen-bond donors (Lipinski definition) is 1. The number of ether oxygens (including phenoxy) is 2. The molecule has 1 fully saturated rings. The topological polar surface area (TPSA) is 81.0 Å². The Morgan fingerprint density at radius 3 is 2.48 bits per heavy atom. The Balaban J connectivity index is 1.53. The number of carbonyl (C=O) groups excluding carboxylic acids is 1. The van der Waals surface area contributed by atoms with Gasteiger partial charge in [0.05, 0.1) is 12.2 Å². The third-order valence-corrected chi connectivity index (χ3v) is 6.42. The summed E-state index contributed by atoms with van der Waals surface area (Å²) in [4.78, 5) is 19.7. The lowest BCUT2D eigenvalue weighted by Gasteiger charge is -2.33. The van der Waals surface area contributed by atoms with Crippen molar-refractivity contribution in [2.24, 2.45) is 5.92 Å². The molecule has 0 saturated carbocycles. The number of rotatable bonds is 7. The van der Waals surface area contributed by atoms with E-state index in [9.17, 15) is 4.79 Å². The Morgan fingerprint density at radius 1 is 1.18 bits per heavy atom. The molecule has 4 rings (SSSR count). The summed E-state index contributed by atoms with van der Waals surface area (Å²) < 4.78 is 12.2. The fraction of sp³-hybridized carbons (Fsp3) is 0.458. The Bertz CT molecular complexity index is 1120. The highest BCUT2D eigenvalue weighted by atomic mass is 35.5. The summed E-state index contributed by atoms with van der Waals surface area (Å²) in [6.45, 7) is 5.88. The SMILES string of the molecule is COC(CNC(=O)C1CCN(c2cc(C)nc3c(-c4ccc(Cl)cc4)c(C)nn23)CC1)OC. The third-order valence-electron chi connectivity index (χ3n) is 6.16. The van der Waals surface area contributed by atoms with Crippen molar-refractivity contribution in [2.75, 3.05) is 38.8 Å². The highest BCUT2D eigenvalue weighted by molar-refractivity contribution is 6.30. The molecular weight excluding hydrogens is 442 g/mol. The number of piperidine rings is 1. The van der Waals surface area contributed by atoms with Crippen molar-refractivity contribution < 1.29 is 14.3 Å². The molecule has 8 nitrogen and oxygen atoms in total. The molecule has 0 radical (unpaired) electrons. The van der Waals surface area contributed by atoms with Crippen LogP contribution in [-0.4, -0.2) is 60.6 Å². The van der Waals surface area contributed by atoms with Crippen molar-refractivity contribution in [3.63, 3.8) is 0 Å². The van der Waals surface area contributed by atoms with Crippen LogP contribution < -0.4 is 10.2 Å². The molecule has 1 aliphatic rings. The van der Waals surface area contributed by atoms with Gasteiger partial charge in [0.15, 0.2) is 11.9 Å². The monoisotopic (exact) mass is 471 g/mol. The summed E-state index contributed by atoms with van der Waals surface area (Å²) in [6.07, 6.45) is 1.10. The van der Waals surface area contributed by atoms with Crippen LogP contribution in [0.4, 0.5) is 5.82 Å². The van der Waals surface area contributed by atoms with Crippen LogP contribution >= 0.6 is 11.6 Å². The number of nitrogens with zero attached hydrogens (tertiary/aromatic N) is 4. The van der Waals surface area contributed by atoms with Gasteiger partial charge in [0.25, 0.3) is 0 Å². The minimum atomic E-state index is -0.431. The number of methoxy groups -OCH3 is 2. The largest absolute Gasteiger partial charge is 0.356 e. The van der Waals surface area contributed by atoms with Gasteiger partial charge in [0, 0.05) is 55.6 Å². The van der Waals surface area contributed by atoms with Gasteiger partial charge in [-0.3, -0.25) is 4.79 Å². The second-order valence-electron chi connectivity index (χ2n) is 8.37. The van der Waals surface area contributed by atoms with Crippen molar-refractivity contribution >= 4 is 29.0 Å². The number of aryl methyl sites for hydroxylation is 2. The fourth-order valence-electron chi connectivity index (χ4n) is 4.37. The van der Waals surface area contributed by atoms with Crippen molar-refractivity contribution in [2.45, 2.75) is 33.0 Å². The highest BCUT2D eigenvalue weighted by Gasteiger charge is 2.27. The Kier molecular flexibility index (Phi) is 7.17. The van der Waals surface area contributed by atoms with Crippen LogP contribution in [0.3, 0.4) is 0 Å². The third kappa shape index (κ3) is 4.98. The smallest absolute Gasteiger partial charge is 0.223 e. The van der Waals surface area contributed by atoms with Crippen LogP contribution in [0.2, 0.25) is 5.02 Å². The van der Waals surface area contributed by atoms with E-state index in [0.29, 0.717) is 11.6 Å². The summed E-state index contributed by atoms with van der Waals surface area (Å²) in [7, 11) is 3.12. The Morgan fingerprint density at radius 2 is 1.85 bits per heavy atom. The number of hydrogen-bond acceptors (Lipinski definition) is 6. The van der Waals surface area contributed by atoms with Crippen molar-refractivity contribution in [1.29, 1.82) is 0 Å². The van der Waals surface area contributed by atoms with Crippen LogP contribution in [0.5, 0.6) is 0 Å². The van der Waals surface area contributed by atoms with E-state index in [1.54, 1.807) is 14.2 Å². The van der Waals surface area contributed by atoms with Gasteiger partial charge in [-0.25, -0.2) is 4.98 Å². The zero-order valence-corrected chi connectivity index (χ0v) is 20.2. The molecule has 1 aliphatic heterocycles. The van der Waals surface area contributed by atoms with Gasteiger partial charge < -0.3 is 19.7 Å². The quantitative estimate of drug-likeness (QED) is 0.530. The highest BCUT2D eigenvalue weighted by Crippen LogP contribution is 2.32. The van der Waals surface area contributed by atoms with E-state index in [4.69, 9.17) is 31.2 Å². The van der Waals surface area contributed by atoms with E-state index in [-0.39, 0.29) is 11.8 Å². The number of fused-ring (bicyclic) bond motifs is 1. The first-order valence-corrected chi connectivity index (χ1v) is 11.5. The lowest BCUT2D eigenvalue weighted by molar-refractivity contribution is -0.131. The van der Waals surface area contributed by atoms with Gasteiger partial charge in [-0.15, -0.1) is 0 Å². The van der Waals surface area contributed by atoms with E-state index in [0.717, 1.165) is 59.9 Å². The van der Waals surface area contributed by atoms with Gasteiger partial charge in [-0.05, 0) is 44.4 Å². The first kappa shape index (κ1) is 23.5. The molecule has 0 unspecified atom stereocenters. The van der Waals surface area contributed by atoms with Crippen LogP contribution in [0.25, 0.3) is 16.8 Å². The molecule has 1 saturated heterocycles. The lowest BCUT2D eigenvalue weighted by atomic mass is 9.96. The van der Waals surface area contributed by atoms with E-state index < -0.39 is 6.29 Å². The minimum Gasteiger partial charge on any atom is -0.356 e. The molecule has 1 aromatic carbocycles. The van der Waals surface area contributed by atoms with E-state index in [1.807, 2.05) is 42.6 Å². The maximum atomic E-state index is 12.6. The summed E-state index contributed by atoms with van der Waals surface area (Å²) in [6, 6.07) is 9.82. The maximum Gasteiger partial charge on any atom is 0.223 e.